The zero-order valence-electron chi connectivity index (χ0n) is 9.98. The van der Waals surface area contributed by atoms with Gasteiger partial charge in [0.2, 0.25) is 0 Å². The van der Waals surface area contributed by atoms with Crippen molar-refractivity contribution < 1.29 is 9.63 Å². The summed E-state index contributed by atoms with van der Waals surface area (Å²) in [5.74, 6) is -0.400. The van der Waals surface area contributed by atoms with Crippen molar-refractivity contribution in [2.45, 2.75) is 20.8 Å². The minimum Gasteiger partial charge on any atom is -0.318 e. The molecule has 1 heterocycles. The summed E-state index contributed by atoms with van der Waals surface area (Å²) in [4.78, 5) is 16.4. The van der Waals surface area contributed by atoms with Gasteiger partial charge in [-0.3, -0.25) is 0 Å². The zero-order chi connectivity index (χ0) is 12.4. The highest BCUT2D eigenvalue weighted by atomic mass is 32.1. The van der Waals surface area contributed by atoms with Crippen LogP contribution in [-0.2, 0) is 9.63 Å². The fourth-order valence-electron chi connectivity index (χ4n) is 1.69. The third-order valence-corrected chi connectivity index (χ3v) is 3.87. The van der Waals surface area contributed by atoms with Gasteiger partial charge >= 0.3 is 5.97 Å². The third-order valence-electron chi connectivity index (χ3n) is 2.48. The van der Waals surface area contributed by atoms with E-state index in [-0.39, 0.29) is 0 Å². The molecule has 17 heavy (non-hydrogen) atoms. The Labute approximate surface area is 104 Å². The van der Waals surface area contributed by atoms with Crippen molar-refractivity contribution in [2.75, 3.05) is 0 Å². The highest BCUT2D eigenvalue weighted by molar-refractivity contribution is 7.21. The largest absolute Gasteiger partial charge is 0.331 e. The van der Waals surface area contributed by atoms with Crippen LogP contribution < -0.4 is 0 Å². The normalized spacial score (nSPS) is 11.8. The number of hydrogen-bond acceptors (Lipinski definition) is 4. The summed E-state index contributed by atoms with van der Waals surface area (Å²) in [5, 5.41) is 5.05. The van der Waals surface area contributed by atoms with E-state index in [1.54, 1.807) is 11.3 Å². The predicted molar refractivity (Wildman–Crippen MR) is 70.5 cm³/mol. The van der Waals surface area contributed by atoms with Crippen LogP contribution in [0.25, 0.3) is 10.1 Å². The van der Waals surface area contributed by atoms with Crippen LogP contribution in [-0.4, -0.2) is 11.7 Å². The van der Waals surface area contributed by atoms with E-state index >= 15 is 0 Å². The standard InChI is InChI=1S/C13H13NO2S/c1-8-11-6-4-5-7-12(11)17-13(8)9(2)14-16-10(3)15/h4-7H,1-3H3. The minimum absolute atomic E-state index is 0.400. The Hall–Kier alpha value is -1.68. The Kier molecular flexibility index (Phi) is 3.24. The summed E-state index contributed by atoms with van der Waals surface area (Å²) >= 11 is 1.66. The quantitative estimate of drug-likeness (QED) is 0.463. The molecule has 0 saturated carbocycles. The lowest BCUT2D eigenvalue weighted by Gasteiger charge is -1.97. The van der Waals surface area contributed by atoms with Crippen LogP contribution in [0.5, 0.6) is 0 Å². The maximum atomic E-state index is 10.7. The van der Waals surface area contributed by atoms with Crippen molar-refractivity contribution >= 4 is 33.1 Å². The van der Waals surface area contributed by atoms with E-state index in [9.17, 15) is 4.79 Å². The van der Waals surface area contributed by atoms with Crippen LogP contribution >= 0.6 is 11.3 Å². The second kappa shape index (κ2) is 4.67. The summed E-state index contributed by atoms with van der Waals surface area (Å²) in [6.07, 6.45) is 0. The smallest absolute Gasteiger partial charge is 0.318 e. The maximum Gasteiger partial charge on any atom is 0.331 e. The number of thiophene rings is 1. The lowest BCUT2D eigenvalue weighted by atomic mass is 10.1. The first kappa shape index (κ1) is 11.8. The molecular weight excluding hydrogens is 234 g/mol. The third kappa shape index (κ3) is 2.36. The van der Waals surface area contributed by atoms with E-state index in [0.29, 0.717) is 0 Å². The van der Waals surface area contributed by atoms with Crippen LogP contribution in [0.2, 0.25) is 0 Å². The van der Waals surface area contributed by atoms with E-state index in [1.807, 2.05) is 19.1 Å². The summed E-state index contributed by atoms with van der Waals surface area (Å²) in [7, 11) is 0. The average Bonchev–Trinajstić information content (AvgIpc) is 2.64. The molecule has 0 aliphatic carbocycles. The summed E-state index contributed by atoms with van der Waals surface area (Å²) in [6.45, 7) is 5.25. The molecule has 0 amide bonds. The minimum atomic E-state index is -0.400. The van der Waals surface area contributed by atoms with Crippen molar-refractivity contribution in [3.05, 3.63) is 34.7 Å². The summed E-state index contributed by atoms with van der Waals surface area (Å²) in [6, 6.07) is 8.20. The Morgan fingerprint density at radius 1 is 1.29 bits per heavy atom. The molecule has 3 nitrogen and oxygen atoms in total. The van der Waals surface area contributed by atoms with E-state index in [2.05, 4.69) is 29.0 Å². The Morgan fingerprint density at radius 2 is 2.00 bits per heavy atom. The van der Waals surface area contributed by atoms with Gasteiger partial charge in [-0.05, 0) is 30.9 Å². The van der Waals surface area contributed by atoms with E-state index in [1.165, 1.54) is 22.6 Å². The molecule has 0 fully saturated rings. The Bertz CT molecular complexity index is 598. The molecule has 0 radical (unpaired) electrons. The molecule has 0 saturated heterocycles. The number of benzene rings is 1. The van der Waals surface area contributed by atoms with Crippen molar-refractivity contribution in [3.8, 4) is 0 Å². The molecule has 2 aromatic rings. The summed E-state index contributed by atoms with van der Waals surface area (Å²) < 4.78 is 1.22. The SMILES string of the molecule is CC(=O)ON=C(C)c1sc2ccccc2c1C. The first-order valence-corrected chi connectivity index (χ1v) is 6.12. The molecule has 88 valence electrons. The molecule has 0 aliphatic rings. The molecule has 1 aromatic carbocycles. The number of carbonyl (C=O) groups excluding carboxylic acids is 1. The highest BCUT2D eigenvalue weighted by Gasteiger charge is 2.10. The number of hydrogen-bond donors (Lipinski definition) is 0. The van der Waals surface area contributed by atoms with Crippen LogP contribution in [0.1, 0.15) is 24.3 Å². The predicted octanol–water partition coefficient (Wildman–Crippen LogP) is 3.50. The van der Waals surface area contributed by atoms with Crippen LogP contribution in [0.15, 0.2) is 29.4 Å². The van der Waals surface area contributed by atoms with Gasteiger partial charge in [-0.1, -0.05) is 23.4 Å². The van der Waals surface area contributed by atoms with Crippen LogP contribution in [0, 0.1) is 6.92 Å². The molecule has 1 aromatic heterocycles. The molecular formula is C13H13NO2S. The number of oxime groups is 1. The van der Waals surface area contributed by atoms with E-state index in [0.717, 1.165) is 10.6 Å². The number of rotatable bonds is 2. The monoisotopic (exact) mass is 247 g/mol. The molecule has 0 N–H and O–H groups in total. The van der Waals surface area contributed by atoms with E-state index in [4.69, 9.17) is 0 Å². The molecule has 2 rings (SSSR count). The van der Waals surface area contributed by atoms with Gasteiger partial charge in [-0.25, -0.2) is 4.79 Å². The van der Waals surface area contributed by atoms with E-state index < -0.39 is 5.97 Å². The Balaban J connectivity index is 2.45. The van der Waals surface area contributed by atoms with Gasteiger partial charge in [0.25, 0.3) is 0 Å². The van der Waals surface area contributed by atoms with Gasteiger partial charge in [0, 0.05) is 11.6 Å². The molecule has 0 bridgehead atoms. The van der Waals surface area contributed by atoms with Gasteiger partial charge in [-0.2, -0.15) is 0 Å². The van der Waals surface area contributed by atoms with Crippen molar-refractivity contribution in [1.29, 1.82) is 0 Å². The van der Waals surface area contributed by atoms with Crippen molar-refractivity contribution in [1.82, 2.24) is 0 Å². The van der Waals surface area contributed by atoms with Gasteiger partial charge in [-0.15, -0.1) is 11.3 Å². The van der Waals surface area contributed by atoms with Gasteiger partial charge in [0.05, 0.1) is 10.6 Å². The van der Waals surface area contributed by atoms with Gasteiger partial charge in [0.15, 0.2) is 0 Å². The van der Waals surface area contributed by atoms with Crippen molar-refractivity contribution in [2.24, 2.45) is 5.16 Å². The molecule has 0 spiro atoms. The summed E-state index contributed by atoms with van der Waals surface area (Å²) in [5.41, 5.74) is 1.91. The lowest BCUT2D eigenvalue weighted by molar-refractivity contribution is -0.140. The van der Waals surface area contributed by atoms with Crippen LogP contribution in [0.3, 0.4) is 0 Å². The second-order valence-corrected chi connectivity index (χ2v) is 4.86. The fourth-order valence-corrected chi connectivity index (χ4v) is 2.84. The second-order valence-electron chi connectivity index (χ2n) is 3.81. The molecule has 4 heteroatoms. The topological polar surface area (TPSA) is 38.7 Å². The number of aryl methyl sites for hydroxylation is 1. The zero-order valence-corrected chi connectivity index (χ0v) is 10.8. The highest BCUT2D eigenvalue weighted by Crippen LogP contribution is 2.30. The number of fused-ring (bicyclic) bond motifs is 1. The van der Waals surface area contributed by atoms with Crippen LogP contribution in [0.4, 0.5) is 0 Å². The van der Waals surface area contributed by atoms with Gasteiger partial charge in [0.1, 0.15) is 0 Å². The maximum absolute atomic E-state index is 10.7. The number of nitrogens with zero attached hydrogens (tertiary/aromatic N) is 1. The lowest BCUT2D eigenvalue weighted by Crippen LogP contribution is -1.98. The first-order valence-electron chi connectivity index (χ1n) is 5.30. The molecule has 0 aliphatic heterocycles. The molecule has 0 atom stereocenters. The van der Waals surface area contributed by atoms with Crippen molar-refractivity contribution in [3.63, 3.8) is 0 Å². The molecule has 0 unspecified atom stereocenters. The number of carbonyl (C=O) groups is 1. The van der Waals surface area contributed by atoms with Gasteiger partial charge < -0.3 is 4.84 Å². The fraction of sp³-hybridized carbons (Fsp3) is 0.231. The Morgan fingerprint density at radius 3 is 2.65 bits per heavy atom. The first-order chi connectivity index (χ1) is 8.09. The average molecular weight is 247 g/mol.